The van der Waals surface area contributed by atoms with Crippen molar-refractivity contribution in [2.75, 3.05) is 7.05 Å². The second-order valence-electron chi connectivity index (χ2n) is 4.78. The van der Waals surface area contributed by atoms with E-state index < -0.39 is 0 Å². The van der Waals surface area contributed by atoms with Crippen molar-refractivity contribution in [2.24, 2.45) is 0 Å². The molecule has 0 atom stereocenters. The Balaban J connectivity index is 1.73. The molecule has 3 rings (SSSR count). The average molecular weight is 305 g/mol. The standard InChI is InChI=1S/C13H15N5O2S/c1-3-9-15-11(20-17-9)7-18(2)6-10-14-8-4-5-21-12(8)13(19)16-10/h4-5H,3,6-7H2,1-2H3,(H,14,16,19). The molecule has 0 aliphatic heterocycles. The van der Waals surface area contributed by atoms with E-state index in [2.05, 4.69) is 20.1 Å². The Labute approximate surface area is 124 Å². The fourth-order valence-electron chi connectivity index (χ4n) is 2.04. The van der Waals surface area contributed by atoms with Crippen molar-refractivity contribution in [3.8, 4) is 0 Å². The second-order valence-corrected chi connectivity index (χ2v) is 5.69. The molecule has 0 saturated carbocycles. The van der Waals surface area contributed by atoms with E-state index in [1.807, 2.05) is 30.3 Å². The van der Waals surface area contributed by atoms with Crippen LogP contribution >= 0.6 is 11.3 Å². The lowest BCUT2D eigenvalue weighted by molar-refractivity contribution is 0.255. The number of hydrogen-bond donors (Lipinski definition) is 1. The Kier molecular flexibility index (Phi) is 3.80. The average Bonchev–Trinajstić information content (AvgIpc) is 3.07. The fraction of sp³-hybridized carbons (Fsp3) is 0.385. The van der Waals surface area contributed by atoms with E-state index in [0.717, 1.165) is 11.9 Å². The number of aryl methyl sites for hydroxylation is 1. The lowest BCUT2D eigenvalue weighted by Crippen LogP contribution is -2.21. The summed E-state index contributed by atoms with van der Waals surface area (Å²) in [7, 11) is 1.91. The van der Waals surface area contributed by atoms with Crippen molar-refractivity contribution in [3.05, 3.63) is 39.3 Å². The van der Waals surface area contributed by atoms with E-state index in [4.69, 9.17) is 4.52 Å². The number of aromatic amines is 1. The first-order valence-electron chi connectivity index (χ1n) is 6.62. The molecule has 0 aliphatic carbocycles. The van der Waals surface area contributed by atoms with Crippen molar-refractivity contribution in [1.29, 1.82) is 0 Å². The van der Waals surface area contributed by atoms with Gasteiger partial charge >= 0.3 is 0 Å². The molecule has 0 amide bonds. The third kappa shape index (κ3) is 3.01. The van der Waals surface area contributed by atoms with Crippen LogP contribution < -0.4 is 5.56 Å². The van der Waals surface area contributed by atoms with Gasteiger partial charge in [0, 0.05) is 6.42 Å². The van der Waals surface area contributed by atoms with Crippen LogP contribution in [0.3, 0.4) is 0 Å². The SMILES string of the molecule is CCc1noc(CN(C)Cc2nc3ccsc3c(=O)[nH]2)n1. The van der Waals surface area contributed by atoms with Gasteiger partial charge in [0.15, 0.2) is 5.82 Å². The summed E-state index contributed by atoms with van der Waals surface area (Å²) in [5.74, 6) is 1.89. The molecular formula is C13H15N5O2S. The zero-order chi connectivity index (χ0) is 14.8. The van der Waals surface area contributed by atoms with Crippen molar-refractivity contribution in [3.63, 3.8) is 0 Å². The molecule has 3 aromatic rings. The van der Waals surface area contributed by atoms with Crippen LogP contribution in [0, 0.1) is 0 Å². The molecule has 0 bridgehead atoms. The summed E-state index contributed by atoms with van der Waals surface area (Å²) in [5, 5.41) is 5.72. The predicted molar refractivity (Wildman–Crippen MR) is 79.1 cm³/mol. The molecule has 1 N–H and O–H groups in total. The molecule has 0 radical (unpaired) electrons. The smallest absolute Gasteiger partial charge is 0.268 e. The van der Waals surface area contributed by atoms with Crippen molar-refractivity contribution >= 4 is 21.6 Å². The Morgan fingerprint density at radius 3 is 3.00 bits per heavy atom. The lowest BCUT2D eigenvalue weighted by Gasteiger charge is -2.13. The molecule has 0 aliphatic rings. The van der Waals surface area contributed by atoms with Gasteiger partial charge < -0.3 is 9.51 Å². The first-order chi connectivity index (χ1) is 10.2. The summed E-state index contributed by atoms with van der Waals surface area (Å²) in [6, 6.07) is 1.85. The molecule has 110 valence electrons. The highest BCUT2D eigenvalue weighted by atomic mass is 32.1. The van der Waals surface area contributed by atoms with Gasteiger partial charge in [-0.15, -0.1) is 11.3 Å². The molecule has 8 heteroatoms. The third-order valence-corrected chi connectivity index (χ3v) is 3.92. The van der Waals surface area contributed by atoms with E-state index >= 15 is 0 Å². The molecule has 0 aromatic carbocycles. The van der Waals surface area contributed by atoms with Crippen LogP contribution in [0.1, 0.15) is 24.5 Å². The van der Waals surface area contributed by atoms with Gasteiger partial charge in [-0.25, -0.2) is 4.98 Å². The largest absolute Gasteiger partial charge is 0.338 e. The number of hydrogen-bond acceptors (Lipinski definition) is 7. The summed E-state index contributed by atoms with van der Waals surface area (Å²) in [6.07, 6.45) is 0.747. The van der Waals surface area contributed by atoms with Crippen molar-refractivity contribution in [1.82, 2.24) is 25.0 Å². The Hall–Kier alpha value is -2.06. The molecule has 21 heavy (non-hydrogen) atoms. The summed E-state index contributed by atoms with van der Waals surface area (Å²) in [4.78, 5) is 25.4. The van der Waals surface area contributed by atoms with Crippen LogP contribution in [-0.4, -0.2) is 32.1 Å². The summed E-state index contributed by atoms with van der Waals surface area (Å²) < 4.78 is 5.81. The van der Waals surface area contributed by atoms with Crippen molar-refractivity contribution in [2.45, 2.75) is 26.4 Å². The van der Waals surface area contributed by atoms with Gasteiger partial charge in [-0.1, -0.05) is 12.1 Å². The first-order valence-corrected chi connectivity index (χ1v) is 7.50. The van der Waals surface area contributed by atoms with Gasteiger partial charge in [0.25, 0.3) is 5.56 Å². The van der Waals surface area contributed by atoms with Gasteiger partial charge in [0.2, 0.25) is 5.89 Å². The van der Waals surface area contributed by atoms with Crippen LogP contribution in [0.2, 0.25) is 0 Å². The van der Waals surface area contributed by atoms with E-state index in [-0.39, 0.29) is 5.56 Å². The highest BCUT2D eigenvalue weighted by Gasteiger charge is 2.11. The maximum Gasteiger partial charge on any atom is 0.268 e. The van der Waals surface area contributed by atoms with E-state index in [1.165, 1.54) is 11.3 Å². The summed E-state index contributed by atoms with van der Waals surface area (Å²) in [6.45, 7) is 2.99. The molecule has 0 fully saturated rings. The van der Waals surface area contributed by atoms with Crippen LogP contribution in [0.15, 0.2) is 20.8 Å². The quantitative estimate of drug-likeness (QED) is 0.769. The fourth-order valence-corrected chi connectivity index (χ4v) is 2.76. The minimum atomic E-state index is -0.0931. The molecule has 3 heterocycles. The summed E-state index contributed by atoms with van der Waals surface area (Å²) >= 11 is 1.40. The number of nitrogens with zero attached hydrogens (tertiary/aromatic N) is 4. The number of aromatic nitrogens is 4. The van der Waals surface area contributed by atoms with Crippen LogP contribution in [0.5, 0.6) is 0 Å². The second kappa shape index (κ2) is 5.74. The molecule has 7 nitrogen and oxygen atoms in total. The molecule has 0 spiro atoms. The minimum Gasteiger partial charge on any atom is -0.338 e. The van der Waals surface area contributed by atoms with Gasteiger partial charge in [0.05, 0.1) is 18.6 Å². The molecule has 3 aromatic heterocycles. The molecule has 0 unspecified atom stereocenters. The Morgan fingerprint density at radius 1 is 1.38 bits per heavy atom. The van der Waals surface area contributed by atoms with Gasteiger partial charge in [0.1, 0.15) is 10.5 Å². The van der Waals surface area contributed by atoms with Gasteiger partial charge in [-0.3, -0.25) is 9.69 Å². The van der Waals surface area contributed by atoms with Crippen LogP contribution in [0.4, 0.5) is 0 Å². The number of thiophene rings is 1. The maximum atomic E-state index is 11.9. The number of rotatable bonds is 5. The zero-order valence-corrected chi connectivity index (χ0v) is 12.6. The maximum absolute atomic E-state index is 11.9. The van der Waals surface area contributed by atoms with Crippen molar-refractivity contribution < 1.29 is 4.52 Å². The van der Waals surface area contributed by atoms with E-state index in [0.29, 0.717) is 35.3 Å². The monoisotopic (exact) mass is 305 g/mol. The predicted octanol–water partition coefficient (Wildman–Crippen LogP) is 1.56. The highest BCUT2D eigenvalue weighted by molar-refractivity contribution is 7.17. The van der Waals surface area contributed by atoms with E-state index in [1.54, 1.807) is 0 Å². The molecule has 0 saturated heterocycles. The number of fused-ring (bicyclic) bond motifs is 1. The lowest BCUT2D eigenvalue weighted by atomic mass is 10.4. The van der Waals surface area contributed by atoms with Gasteiger partial charge in [-0.2, -0.15) is 4.98 Å². The Morgan fingerprint density at radius 2 is 2.24 bits per heavy atom. The Bertz CT molecular complexity index is 806. The minimum absolute atomic E-state index is 0.0931. The first kappa shape index (κ1) is 13.9. The molecular weight excluding hydrogens is 290 g/mol. The normalized spacial score (nSPS) is 11.6. The zero-order valence-electron chi connectivity index (χ0n) is 11.8. The summed E-state index contributed by atoms with van der Waals surface area (Å²) in [5.41, 5.74) is 0.641. The third-order valence-electron chi connectivity index (χ3n) is 3.02. The number of nitrogens with one attached hydrogen (secondary N) is 1. The highest BCUT2D eigenvalue weighted by Crippen LogP contribution is 2.14. The topological polar surface area (TPSA) is 87.9 Å². The van der Waals surface area contributed by atoms with Crippen LogP contribution in [0.25, 0.3) is 10.2 Å². The number of H-pyrrole nitrogens is 1. The van der Waals surface area contributed by atoms with Gasteiger partial charge in [-0.05, 0) is 18.5 Å². The van der Waals surface area contributed by atoms with E-state index in [9.17, 15) is 4.79 Å². The van der Waals surface area contributed by atoms with Crippen LogP contribution in [-0.2, 0) is 19.5 Å².